The van der Waals surface area contributed by atoms with Crippen LogP contribution in [0.15, 0.2) is 46.9 Å². The maximum atomic E-state index is 5.88. The van der Waals surface area contributed by atoms with Crippen LogP contribution in [0, 0.1) is 0 Å². The molecule has 0 radical (unpaired) electrons. The maximum Gasteiger partial charge on any atom is 0.131 e. The molecule has 0 amide bonds. The predicted molar refractivity (Wildman–Crippen MR) is 82.8 cm³/mol. The van der Waals surface area contributed by atoms with Gasteiger partial charge in [-0.25, -0.2) is 4.98 Å². The molecule has 1 saturated carbocycles. The van der Waals surface area contributed by atoms with Gasteiger partial charge in [0.1, 0.15) is 11.0 Å². The monoisotopic (exact) mass is 336 g/mol. The van der Waals surface area contributed by atoms with Gasteiger partial charge in [-0.2, -0.15) is 0 Å². The Hall–Kier alpha value is -1.06. The van der Waals surface area contributed by atoms with Gasteiger partial charge in [-0.15, -0.1) is 0 Å². The van der Waals surface area contributed by atoms with Crippen molar-refractivity contribution in [2.75, 3.05) is 5.32 Å². The van der Waals surface area contributed by atoms with Crippen LogP contribution in [0.1, 0.15) is 24.3 Å². The smallest absolute Gasteiger partial charge is 0.131 e. The second kappa shape index (κ2) is 5.51. The van der Waals surface area contributed by atoms with Crippen molar-refractivity contribution in [1.82, 2.24) is 4.98 Å². The molecule has 1 aliphatic rings. The number of pyridine rings is 1. The first-order valence-corrected chi connectivity index (χ1v) is 7.52. The lowest BCUT2D eigenvalue weighted by Crippen LogP contribution is -2.34. The highest BCUT2D eigenvalue weighted by Gasteiger charge is 2.30. The molecule has 0 saturated heterocycles. The zero-order valence-corrected chi connectivity index (χ0v) is 12.7. The van der Waals surface area contributed by atoms with Gasteiger partial charge in [0.2, 0.25) is 0 Å². The number of halogens is 2. The van der Waals surface area contributed by atoms with Crippen molar-refractivity contribution in [2.45, 2.75) is 24.8 Å². The molecule has 1 aromatic heterocycles. The molecule has 1 aromatic carbocycles. The van der Waals surface area contributed by atoms with E-state index in [9.17, 15) is 0 Å². The lowest BCUT2D eigenvalue weighted by Gasteiger charge is -2.36. The number of nitrogens with zero attached hydrogens (tertiary/aromatic N) is 1. The van der Waals surface area contributed by atoms with Gasteiger partial charge < -0.3 is 5.32 Å². The largest absolute Gasteiger partial charge is 0.367 e. The average molecular weight is 338 g/mol. The van der Waals surface area contributed by atoms with Crippen LogP contribution in [0.25, 0.3) is 0 Å². The molecule has 1 heterocycles. The summed E-state index contributed by atoms with van der Waals surface area (Å²) in [5.41, 5.74) is 1.41. The van der Waals surface area contributed by atoms with Gasteiger partial charge in [-0.3, -0.25) is 0 Å². The molecular weight excluding hydrogens is 324 g/mol. The summed E-state index contributed by atoms with van der Waals surface area (Å²) in [6.07, 6.45) is 2.29. The SMILES string of the molecule is Clc1cccc(NC2CC(c3cccc(Br)c3)C2)n1. The molecule has 2 aromatic rings. The summed E-state index contributed by atoms with van der Waals surface area (Å²) in [5.74, 6) is 1.51. The van der Waals surface area contributed by atoms with E-state index >= 15 is 0 Å². The number of hydrogen-bond acceptors (Lipinski definition) is 2. The minimum absolute atomic E-state index is 0.495. The molecule has 4 heteroatoms. The fourth-order valence-electron chi connectivity index (χ4n) is 2.47. The molecule has 1 fully saturated rings. The predicted octanol–water partition coefficient (Wildman–Crippen LogP) is 4.86. The topological polar surface area (TPSA) is 24.9 Å². The van der Waals surface area contributed by atoms with Crippen LogP contribution < -0.4 is 5.32 Å². The third-order valence-electron chi connectivity index (χ3n) is 3.53. The van der Waals surface area contributed by atoms with Crippen molar-refractivity contribution in [3.63, 3.8) is 0 Å². The Morgan fingerprint density at radius 3 is 2.68 bits per heavy atom. The lowest BCUT2D eigenvalue weighted by atomic mass is 9.76. The molecule has 98 valence electrons. The van der Waals surface area contributed by atoms with Gasteiger partial charge in [0.15, 0.2) is 0 Å². The summed E-state index contributed by atoms with van der Waals surface area (Å²) < 4.78 is 1.15. The zero-order valence-electron chi connectivity index (χ0n) is 10.3. The molecule has 1 N–H and O–H groups in total. The van der Waals surface area contributed by atoms with E-state index in [1.54, 1.807) is 6.07 Å². The van der Waals surface area contributed by atoms with Crippen molar-refractivity contribution >= 4 is 33.3 Å². The van der Waals surface area contributed by atoms with Gasteiger partial charge in [0.05, 0.1) is 0 Å². The second-order valence-electron chi connectivity index (χ2n) is 4.91. The number of aromatic nitrogens is 1. The number of hydrogen-bond donors (Lipinski definition) is 1. The summed E-state index contributed by atoms with van der Waals surface area (Å²) in [4.78, 5) is 4.25. The Morgan fingerprint density at radius 1 is 1.16 bits per heavy atom. The third-order valence-corrected chi connectivity index (χ3v) is 4.23. The standard InChI is InChI=1S/C15H14BrClN2/c16-12-4-1-3-10(7-12)11-8-13(9-11)18-15-6-2-5-14(17)19-15/h1-7,11,13H,8-9H2,(H,18,19). The van der Waals surface area contributed by atoms with E-state index in [0.717, 1.165) is 23.1 Å². The third kappa shape index (κ3) is 3.10. The molecule has 0 unspecified atom stereocenters. The van der Waals surface area contributed by atoms with Gasteiger partial charge in [0.25, 0.3) is 0 Å². The van der Waals surface area contributed by atoms with E-state index < -0.39 is 0 Å². The van der Waals surface area contributed by atoms with E-state index in [1.165, 1.54) is 5.56 Å². The van der Waals surface area contributed by atoms with Gasteiger partial charge in [-0.05, 0) is 48.6 Å². The molecule has 0 bridgehead atoms. The van der Waals surface area contributed by atoms with Crippen LogP contribution in [-0.2, 0) is 0 Å². The van der Waals surface area contributed by atoms with Gasteiger partial charge in [0, 0.05) is 10.5 Å². The van der Waals surface area contributed by atoms with E-state index in [4.69, 9.17) is 11.6 Å². The van der Waals surface area contributed by atoms with Gasteiger partial charge >= 0.3 is 0 Å². The highest BCUT2D eigenvalue weighted by Crippen LogP contribution is 2.39. The number of rotatable bonds is 3. The fraction of sp³-hybridized carbons (Fsp3) is 0.267. The minimum Gasteiger partial charge on any atom is -0.367 e. The van der Waals surface area contributed by atoms with Crippen LogP contribution in [0.2, 0.25) is 5.15 Å². The first-order chi connectivity index (χ1) is 9.20. The summed E-state index contributed by atoms with van der Waals surface area (Å²) in [6, 6.07) is 14.7. The Bertz CT molecular complexity index is 582. The Kier molecular flexibility index (Phi) is 3.76. The molecule has 3 rings (SSSR count). The summed E-state index contributed by atoms with van der Waals surface area (Å²) in [5, 5.41) is 3.96. The summed E-state index contributed by atoms with van der Waals surface area (Å²) >= 11 is 9.40. The number of anilines is 1. The van der Waals surface area contributed by atoms with Crippen LogP contribution in [0.5, 0.6) is 0 Å². The Balaban J connectivity index is 1.58. The molecular formula is C15H14BrClN2. The van der Waals surface area contributed by atoms with Crippen molar-refractivity contribution < 1.29 is 0 Å². The van der Waals surface area contributed by atoms with E-state index in [2.05, 4.69) is 50.5 Å². The first kappa shape index (κ1) is 12.9. The molecule has 1 aliphatic carbocycles. The van der Waals surface area contributed by atoms with Crippen LogP contribution >= 0.6 is 27.5 Å². The number of benzene rings is 1. The molecule has 0 aliphatic heterocycles. The van der Waals surface area contributed by atoms with Crippen molar-refractivity contribution in [1.29, 1.82) is 0 Å². The summed E-state index contributed by atoms with van der Waals surface area (Å²) in [7, 11) is 0. The molecule has 0 atom stereocenters. The first-order valence-electron chi connectivity index (χ1n) is 6.35. The molecule has 0 spiro atoms. The van der Waals surface area contributed by atoms with E-state index in [0.29, 0.717) is 17.1 Å². The zero-order chi connectivity index (χ0) is 13.2. The maximum absolute atomic E-state index is 5.88. The quantitative estimate of drug-likeness (QED) is 0.809. The fourth-order valence-corrected chi connectivity index (χ4v) is 3.05. The normalized spacial score (nSPS) is 21.8. The van der Waals surface area contributed by atoms with Crippen molar-refractivity contribution in [3.8, 4) is 0 Å². The van der Waals surface area contributed by atoms with Crippen LogP contribution in [-0.4, -0.2) is 11.0 Å². The highest BCUT2D eigenvalue weighted by molar-refractivity contribution is 9.10. The van der Waals surface area contributed by atoms with Crippen LogP contribution in [0.3, 0.4) is 0 Å². The second-order valence-corrected chi connectivity index (χ2v) is 6.21. The van der Waals surface area contributed by atoms with Crippen molar-refractivity contribution in [2.24, 2.45) is 0 Å². The molecule has 19 heavy (non-hydrogen) atoms. The lowest BCUT2D eigenvalue weighted by molar-refractivity contribution is 0.373. The van der Waals surface area contributed by atoms with Crippen LogP contribution in [0.4, 0.5) is 5.82 Å². The van der Waals surface area contributed by atoms with Crippen molar-refractivity contribution in [3.05, 3.63) is 57.7 Å². The van der Waals surface area contributed by atoms with Gasteiger partial charge in [-0.1, -0.05) is 45.7 Å². The van der Waals surface area contributed by atoms with E-state index in [1.807, 2.05) is 12.1 Å². The Morgan fingerprint density at radius 2 is 1.95 bits per heavy atom. The molecule has 2 nitrogen and oxygen atoms in total. The van der Waals surface area contributed by atoms with E-state index in [-0.39, 0.29) is 0 Å². The summed E-state index contributed by atoms with van der Waals surface area (Å²) in [6.45, 7) is 0. The number of nitrogens with one attached hydrogen (secondary N) is 1. The minimum atomic E-state index is 0.495. The highest BCUT2D eigenvalue weighted by atomic mass is 79.9. The Labute approximate surface area is 126 Å². The average Bonchev–Trinajstić information content (AvgIpc) is 2.33.